The fourth-order valence-corrected chi connectivity index (χ4v) is 2.85. The van der Waals surface area contributed by atoms with Crippen molar-refractivity contribution in [1.29, 1.82) is 0 Å². The minimum absolute atomic E-state index is 0.00540. The third kappa shape index (κ3) is 5.56. The number of hydrogen-bond acceptors (Lipinski definition) is 4. The zero-order chi connectivity index (χ0) is 20.1. The molecule has 2 aromatic rings. The molecule has 0 aromatic heterocycles. The van der Waals surface area contributed by atoms with Gasteiger partial charge in [0.25, 0.3) is 5.91 Å². The summed E-state index contributed by atoms with van der Waals surface area (Å²) in [6.45, 7) is 3.29. The highest BCUT2D eigenvalue weighted by Gasteiger charge is 2.23. The molecule has 3 N–H and O–H groups in total. The molecule has 2 aromatic carbocycles. The Kier molecular flexibility index (Phi) is 7.45. The summed E-state index contributed by atoms with van der Waals surface area (Å²) in [5, 5.41) is 11.8. The maximum Gasteiger partial charge on any atom is 0.277 e. The summed E-state index contributed by atoms with van der Waals surface area (Å²) in [5.41, 5.74) is 2.23. The Hall–Kier alpha value is -1.85. The molecule has 0 saturated heterocycles. The lowest BCUT2D eigenvalue weighted by atomic mass is 10.1. The van der Waals surface area contributed by atoms with Crippen LogP contribution in [0.15, 0.2) is 24.3 Å². The lowest BCUT2D eigenvalue weighted by molar-refractivity contribution is 0.0186. The van der Waals surface area contributed by atoms with Crippen molar-refractivity contribution >= 4 is 39.9 Å². The van der Waals surface area contributed by atoms with E-state index in [1.165, 1.54) is 0 Å². The number of amides is 1. The second kappa shape index (κ2) is 9.38. The first-order chi connectivity index (χ1) is 12.7. The largest absolute Gasteiger partial charge is 0.393 e. The summed E-state index contributed by atoms with van der Waals surface area (Å²) in [6, 6.07) is 5.78. The minimum Gasteiger partial charge on any atom is -0.393 e. The van der Waals surface area contributed by atoms with E-state index in [1.807, 2.05) is 5.48 Å². The Morgan fingerprint density at radius 2 is 1.96 bits per heavy atom. The zero-order valence-electron chi connectivity index (χ0n) is 14.6. The van der Waals surface area contributed by atoms with Gasteiger partial charge in [0.2, 0.25) is 0 Å². The third-order valence-electron chi connectivity index (χ3n) is 3.66. The number of aliphatic hydroxyl groups excluding tert-OH is 1. The van der Waals surface area contributed by atoms with E-state index in [4.69, 9.17) is 9.94 Å². The average molecular weight is 494 g/mol. The summed E-state index contributed by atoms with van der Waals surface area (Å²) in [5.74, 6) is -5.65. The first-order valence-corrected chi connectivity index (χ1v) is 9.09. The van der Waals surface area contributed by atoms with Crippen molar-refractivity contribution in [2.75, 3.05) is 11.9 Å². The van der Waals surface area contributed by atoms with Crippen LogP contribution in [0.25, 0.3) is 0 Å². The Bertz CT molecular complexity index is 847. The van der Waals surface area contributed by atoms with Crippen molar-refractivity contribution in [1.82, 2.24) is 5.48 Å². The van der Waals surface area contributed by atoms with Crippen LogP contribution in [0.4, 0.5) is 24.5 Å². The van der Waals surface area contributed by atoms with E-state index in [-0.39, 0.29) is 13.0 Å². The van der Waals surface area contributed by atoms with Gasteiger partial charge in [0.15, 0.2) is 17.5 Å². The molecule has 0 spiro atoms. The standard InChI is InChI=1S/C18H18F3IN2O3/c1-9-7-11(22)3-4-14(9)23-17-12(8-13(19)15(20)16(17)21)18(26)24-27-6-5-10(2)25/h3-4,7-8,10,23,25H,5-6H2,1-2H3,(H,24,26). The Balaban J connectivity index is 2.32. The first-order valence-electron chi connectivity index (χ1n) is 8.01. The Labute approximate surface area is 168 Å². The molecule has 5 nitrogen and oxygen atoms in total. The van der Waals surface area contributed by atoms with Gasteiger partial charge in [-0.1, -0.05) is 0 Å². The molecule has 0 fully saturated rings. The van der Waals surface area contributed by atoms with Gasteiger partial charge in [0.05, 0.1) is 24.0 Å². The number of carbonyl (C=O) groups is 1. The highest BCUT2D eigenvalue weighted by atomic mass is 127. The molecule has 9 heteroatoms. The number of carbonyl (C=O) groups excluding carboxylic acids is 1. The van der Waals surface area contributed by atoms with Crippen molar-refractivity contribution in [3.05, 3.63) is 56.4 Å². The average Bonchev–Trinajstić information content (AvgIpc) is 2.60. The number of aryl methyl sites for hydroxylation is 1. The predicted molar refractivity (Wildman–Crippen MR) is 103 cm³/mol. The summed E-state index contributed by atoms with van der Waals surface area (Å²) >= 11 is 2.10. The van der Waals surface area contributed by atoms with Crippen LogP contribution in [-0.2, 0) is 4.84 Å². The fourth-order valence-electron chi connectivity index (χ4n) is 2.20. The number of hydrogen-bond donors (Lipinski definition) is 3. The van der Waals surface area contributed by atoms with E-state index in [0.29, 0.717) is 11.8 Å². The lowest BCUT2D eigenvalue weighted by Gasteiger charge is -2.16. The quantitative estimate of drug-likeness (QED) is 0.234. The van der Waals surface area contributed by atoms with Crippen LogP contribution < -0.4 is 10.8 Å². The summed E-state index contributed by atoms with van der Waals surface area (Å²) in [7, 11) is 0. The predicted octanol–water partition coefficient (Wildman–Crippen LogP) is 4.19. The molecule has 1 atom stereocenters. The summed E-state index contributed by atoms with van der Waals surface area (Å²) in [4.78, 5) is 17.1. The molecule has 0 aliphatic heterocycles. The monoisotopic (exact) mass is 494 g/mol. The molecule has 0 heterocycles. The van der Waals surface area contributed by atoms with Crippen molar-refractivity contribution < 1.29 is 27.9 Å². The minimum atomic E-state index is -1.69. The smallest absolute Gasteiger partial charge is 0.277 e. The van der Waals surface area contributed by atoms with Crippen LogP contribution in [0, 0.1) is 27.9 Å². The van der Waals surface area contributed by atoms with E-state index in [9.17, 15) is 18.0 Å². The normalized spacial score (nSPS) is 12.0. The van der Waals surface area contributed by atoms with Crippen LogP contribution in [0.3, 0.4) is 0 Å². The molecule has 1 unspecified atom stereocenters. The van der Waals surface area contributed by atoms with E-state index in [2.05, 4.69) is 27.9 Å². The van der Waals surface area contributed by atoms with E-state index >= 15 is 0 Å². The van der Waals surface area contributed by atoms with Gasteiger partial charge < -0.3 is 10.4 Å². The topological polar surface area (TPSA) is 70.6 Å². The van der Waals surface area contributed by atoms with Crippen LogP contribution in [0.1, 0.15) is 29.3 Å². The molecule has 2 rings (SSSR count). The molecule has 1 amide bonds. The summed E-state index contributed by atoms with van der Waals surface area (Å²) in [6.07, 6.45) is -0.386. The number of anilines is 2. The van der Waals surface area contributed by atoms with Crippen molar-refractivity contribution in [2.24, 2.45) is 0 Å². The van der Waals surface area contributed by atoms with Crippen molar-refractivity contribution in [3.63, 3.8) is 0 Å². The van der Waals surface area contributed by atoms with Gasteiger partial charge >= 0.3 is 0 Å². The molecular formula is C18H18F3IN2O3. The maximum absolute atomic E-state index is 14.3. The van der Waals surface area contributed by atoms with Gasteiger partial charge in [-0.2, -0.15) is 0 Å². The van der Waals surface area contributed by atoms with Gasteiger partial charge in [-0.25, -0.2) is 18.7 Å². The number of rotatable bonds is 7. The van der Waals surface area contributed by atoms with Crippen LogP contribution in [0.5, 0.6) is 0 Å². The van der Waals surface area contributed by atoms with E-state index in [0.717, 1.165) is 9.13 Å². The van der Waals surface area contributed by atoms with E-state index < -0.39 is 40.7 Å². The fraction of sp³-hybridized carbons (Fsp3) is 0.278. The van der Waals surface area contributed by atoms with E-state index in [1.54, 1.807) is 32.0 Å². The van der Waals surface area contributed by atoms with Crippen LogP contribution in [-0.4, -0.2) is 23.7 Å². The highest BCUT2D eigenvalue weighted by Crippen LogP contribution is 2.30. The van der Waals surface area contributed by atoms with Gasteiger partial charge in [-0.05, 0) is 72.7 Å². The number of benzene rings is 2. The Morgan fingerprint density at radius 1 is 1.26 bits per heavy atom. The number of halogens is 4. The van der Waals surface area contributed by atoms with Crippen molar-refractivity contribution in [3.8, 4) is 0 Å². The molecule has 0 bridgehead atoms. The van der Waals surface area contributed by atoms with Gasteiger partial charge in [0, 0.05) is 9.26 Å². The highest BCUT2D eigenvalue weighted by molar-refractivity contribution is 14.1. The number of hydroxylamine groups is 1. The molecular weight excluding hydrogens is 476 g/mol. The second-order valence-electron chi connectivity index (χ2n) is 5.91. The lowest BCUT2D eigenvalue weighted by Crippen LogP contribution is -2.26. The van der Waals surface area contributed by atoms with Crippen molar-refractivity contribution in [2.45, 2.75) is 26.4 Å². The Morgan fingerprint density at radius 3 is 2.59 bits per heavy atom. The van der Waals surface area contributed by atoms with Gasteiger partial charge in [0.1, 0.15) is 0 Å². The van der Waals surface area contributed by atoms with Gasteiger partial charge in [-0.15, -0.1) is 0 Å². The first kappa shape index (κ1) is 21.5. The maximum atomic E-state index is 14.3. The molecule has 0 aliphatic carbocycles. The van der Waals surface area contributed by atoms with Crippen LogP contribution >= 0.6 is 22.6 Å². The molecule has 146 valence electrons. The molecule has 0 aliphatic rings. The van der Waals surface area contributed by atoms with Gasteiger partial charge in [-0.3, -0.25) is 9.63 Å². The second-order valence-corrected chi connectivity index (χ2v) is 7.16. The van der Waals surface area contributed by atoms with Crippen LogP contribution in [0.2, 0.25) is 0 Å². The third-order valence-corrected chi connectivity index (χ3v) is 4.33. The zero-order valence-corrected chi connectivity index (χ0v) is 16.7. The number of nitrogens with one attached hydrogen (secondary N) is 2. The molecule has 0 saturated carbocycles. The number of aliphatic hydroxyl groups is 1. The SMILES string of the molecule is Cc1cc(I)ccc1Nc1c(C(=O)NOCCC(C)O)cc(F)c(F)c1F. The summed E-state index contributed by atoms with van der Waals surface area (Å²) < 4.78 is 42.6. The molecule has 0 radical (unpaired) electrons. The molecule has 27 heavy (non-hydrogen) atoms.